The van der Waals surface area contributed by atoms with E-state index in [1.807, 2.05) is 6.07 Å². The minimum atomic E-state index is -1.35. The number of hydrogen-bond donors (Lipinski definition) is 4. The number of ether oxygens (including phenoxy) is 2. The summed E-state index contributed by atoms with van der Waals surface area (Å²) in [6.45, 7) is -0.117. The van der Waals surface area contributed by atoms with Crippen LogP contribution in [0.15, 0.2) is 36.4 Å². The maximum Gasteiger partial charge on any atom is 0.228 e. The third kappa shape index (κ3) is 2.66. The summed E-state index contributed by atoms with van der Waals surface area (Å²) in [7, 11) is 0. The lowest BCUT2D eigenvalue weighted by Gasteiger charge is -2.35. The maximum absolute atomic E-state index is 9.89. The molecule has 21 heavy (non-hydrogen) atoms. The van der Waals surface area contributed by atoms with Crippen LogP contribution in [0.2, 0.25) is 0 Å². The first-order chi connectivity index (χ1) is 10.1. The van der Waals surface area contributed by atoms with Crippen molar-refractivity contribution < 1.29 is 29.9 Å². The molecule has 0 aromatic heterocycles. The van der Waals surface area contributed by atoms with E-state index in [0.29, 0.717) is 5.75 Å². The molecule has 0 aliphatic carbocycles. The zero-order valence-electron chi connectivity index (χ0n) is 11.1. The molecule has 2 aromatic carbocycles. The Labute approximate surface area is 120 Å². The molecule has 0 spiro atoms. The van der Waals surface area contributed by atoms with Gasteiger partial charge in [0.2, 0.25) is 6.29 Å². The zero-order valence-corrected chi connectivity index (χ0v) is 11.1. The highest BCUT2D eigenvalue weighted by Gasteiger charge is 2.39. The van der Waals surface area contributed by atoms with Crippen LogP contribution in [0.25, 0.3) is 10.8 Å². The highest BCUT2D eigenvalue weighted by molar-refractivity contribution is 5.89. The Balaban J connectivity index is 1.88. The molecule has 0 unspecified atom stereocenters. The molecule has 1 saturated heterocycles. The number of aromatic hydroxyl groups is 1. The van der Waals surface area contributed by atoms with Crippen molar-refractivity contribution in [1.82, 2.24) is 0 Å². The van der Waals surface area contributed by atoms with Crippen LogP contribution in [-0.2, 0) is 4.74 Å². The van der Waals surface area contributed by atoms with Crippen LogP contribution in [0, 0.1) is 0 Å². The fourth-order valence-corrected chi connectivity index (χ4v) is 2.35. The SMILES string of the molecule is Oc1ccc2c(O[C@@H]3OC[C@@H](O)[C@H](O)[C@H]3O)cccc2c1. The summed E-state index contributed by atoms with van der Waals surface area (Å²) in [5.41, 5.74) is 0. The second kappa shape index (κ2) is 5.50. The smallest absolute Gasteiger partial charge is 0.228 e. The minimum absolute atomic E-state index is 0.117. The predicted molar refractivity (Wildman–Crippen MR) is 74.0 cm³/mol. The molecule has 1 aliphatic rings. The molecule has 1 heterocycles. The number of hydrogen-bond acceptors (Lipinski definition) is 6. The molecule has 0 bridgehead atoms. The van der Waals surface area contributed by atoms with Gasteiger partial charge in [0.1, 0.15) is 29.8 Å². The molecule has 4 atom stereocenters. The first kappa shape index (κ1) is 14.1. The van der Waals surface area contributed by atoms with Gasteiger partial charge in [-0.3, -0.25) is 0 Å². The summed E-state index contributed by atoms with van der Waals surface area (Å²) in [6.07, 6.45) is -4.86. The molecule has 0 radical (unpaired) electrons. The summed E-state index contributed by atoms with van der Waals surface area (Å²) in [4.78, 5) is 0. The minimum Gasteiger partial charge on any atom is -0.508 e. The zero-order chi connectivity index (χ0) is 15.0. The lowest BCUT2D eigenvalue weighted by molar-refractivity contribution is -0.241. The average Bonchev–Trinajstić information content (AvgIpc) is 2.48. The van der Waals surface area contributed by atoms with E-state index in [-0.39, 0.29) is 12.4 Å². The number of fused-ring (bicyclic) bond motifs is 1. The molecule has 0 amide bonds. The van der Waals surface area contributed by atoms with Crippen molar-refractivity contribution >= 4 is 10.8 Å². The van der Waals surface area contributed by atoms with Crippen molar-refractivity contribution in [3.05, 3.63) is 36.4 Å². The molecule has 4 N–H and O–H groups in total. The number of aliphatic hydroxyl groups is 3. The van der Waals surface area contributed by atoms with E-state index in [9.17, 15) is 20.4 Å². The van der Waals surface area contributed by atoms with Gasteiger partial charge >= 0.3 is 0 Å². The number of benzene rings is 2. The van der Waals surface area contributed by atoms with Crippen LogP contribution in [0.4, 0.5) is 0 Å². The largest absolute Gasteiger partial charge is 0.508 e. The van der Waals surface area contributed by atoms with Gasteiger partial charge in [-0.2, -0.15) is 0 Å². The third-order valence-electron chi connectivity index (χ3n) is 3.52. The van der Waals surface area contributed by atoms with Gasteiger partial charge < -0.3 is 29.9 Å². The normalized spacial score (nSPS) is 29.5. The quantitative estimate of drug-likeness (QED) is 0.638. The van der Waals surface area contributed by atoms with E-state index in [1.54, 1.807) is 24.3 Å². The van der Waals surface area contributed by atoms with Gasteiger partial charge in [-0.25, -0.2) is 0 Å². The van der Waals surface area contributed by atoms with E-state index in [1.165, 1.54) is 6.07 Å². The number of aliphatic hydroxyl groups excluding tert-OH is 3. The maximum atomic E-state index is 9.89. The van der Waals surface area contributed by atoms with Crippen molar-refractivity contribution in [3.63, 3.8) is 0 Å². The number of phenols is 1. The van der Waals surface area contributed by atoms with Crippen LogP contribution in [0.3, 0.4) is 0 Å². The molecular formula is C15H16O6. The Kier molecular flexibility index (Phi) is 3.69. The fourth-order valence-electron chi connectivity index (χ4n) is 2.35. The first-order valence-electron chi connectivity index (χ1n) is 6.60. The Bertz CT molecular complexity index is 643. The van der Waals surface area contributed by atoms with Crippen LogP contribution < -0.4 is 4.74 Å². The first-order valence-corrected chi connectivity index (χ1v) is 6.60. The molecule has 6 heteroatoms. The van der Waals surface area contributed by atoms with E-state index in [0.717, 1.165) is 10.8 Å². The van der Waals surface area contributed by atoms with Gasteiger partial charge in [0.05, 0.1) is 6.61 Å². The topological polar surface area (TPSA) is 99.4 Å². The summed E-state index contributed by atoms with van der Waals surface area (Å²) in [5, 5.41) is 40.0. The summed E-state index contributed by atoms with van der Waals surface area (Å²) < 4.78 is 10.8. The second-order valence-corrected chi connectivity index (χ2v) is 5.03. The fraction of sp³-hybridized carbons (Fsp3) is 0.333. The molecule has 3 rings (SSSR count). The van der Waals surface area contributed by atoms with Crippen molar-refractivity contribution in [2.45, 2.75) is 24.6 Å². The molecule has 0 saturated carbocycles. The molecule has 2 aromatic rings. The van der Waals surface area contributed by atoms with Crippen LogP contribution in [0.1, 0.15) is 0 Å². The Morgan fingerprint density at radius 2 is 1.86 bits per heavy atom. The van der Waals surface area contributed by atoms with Gasteiger partial charge in [0.25, 0.3) is 0 Å². The van der Waals surface area contributed by atoms with E-state index < -0.39 is 24.6 Å². The molecule has 1 aliphatic heterocycles. The summed E-state index contributed by atoms with van der Waals surface area (Å²) >= 11 is 0. The van der Waals surface area contributed by atoms with Gasteiger partial charge in [-0.1, -0.05) is 12.1 Å². The van der Waals surface area contributed by atoms with Crippen LogP contribution in [-0.4, -0.2) is 51.6 Å². The van der Waals surface area contributed by atoms with Crippen molar-refractivity contribution in [1.29, 1.82) is 0 Å². The van der Waals surface area contributed by atoms with Gasteiger partial charge in [-0.15, -0.1) is 0 Å². The van der Waals surface area contributed by atoms with Crippen molar-refractivity contribution in [2.75, 3.05) is 6.61 Å². The number of rotatable bonds is 2. The lowest BCUT2D eigenvalue weighted by atomic mass is 10.1. The third-order valence-corrected chi connectivity index (χ3v) is 3.52. The highest BCUT2D eigenvalue weighted by atomic mass is 16.7. The van der Waals surface area contributed by atoms with Crippen molar-refractivity contribution in [2.24, 2.45) is 0 Å². The van der Waals surface area contributed by atoms with Gasteiger partial charge in [0.15, 0.2) is 0 Å². The van der Waals surface area contributed by atoms with Gasteiger partial charge in [-0.05, 0) is 29.7 Å². The average molecular weight is 292 g/mol. The molecular weight excluding hydrogens is 276 g/mol. The predicted octanol–water partition coefficient (Wildman–Crippen LogP) is 0.363. The van der Waals surface area contributed by atoms with Crippen molar-refractivity contribution in [3.8, 4) is 11.5 Å². The number of phenolic OH excluding ortho intramolecular Hbond substituents is 1. The lowest BCUT2D eigenvalue weighted by Crippen LogP contribution is -2.54. The standard InChI is InChI=1S/C15H16O6/c16-9-4-5-10-8(6-9)2-1-3-12(10)21-15-14(19)13(18)11(17)7-20-15/h1-6,11,13-19H,7H2/t11-,13+,14-,15+/m1/s1. The Hall–Kier alpha value is -1.86. The molecule has 6 nitrogen and oxygen atoms in total. The molecule has 1 fully saturated rings. The Morgan fingerprint density at radius 1 is 1.05 bits per heavy atom. The van der Waals surface area contributed by atoms with Gasteiger partial charge in [0, 0.05) is 5.39 Å². The van der Waals surface area contributed by atoms with E-state index >= 15 is 0 Å². The van der Waals surface area contributed by atoms with Crippen LogP contribution >= 0.6 is 0 Å². The second-order valence-electron chi connectivity index (χ2n) is 5.03. The highest BCUT2D eigenvalue weighted by Crippen LogP contribution is 2.30. The summed E-state index contributed by atoms with van der Waals surface area (Å²) in [6, 6.07) is 10.1. The molecule has 112 valence electrons. The monoisotopic (exact) mass is 292 g/mol. The van der Waals surface area contributed by atoms with E-state index in [4.69, 9.17) is 9.47 Å². The Morgan fingerprint density at radius 3 is 2.67 bits per heavy atom. The van der Waals surface area contributed by atoms with Crippen LogP contribution in [0.5, 0.6) is 11.5 Å². The van der Waals surface area contributed by atoms with E-state index in [2.05, 4.69) is 0 Å². The summed E-state index contributed by atoms with van der Waals surface area (Å²) in [5.74, 6) is 0.604.